The summed E-state index contributed by atoms with van der Waals surface area (Å²) >= 11 is 0. The lowest BCUT2D eigenvalue weighted by Gasteiger charge is -2.72. The number of allylic oxidation sites excluding steroid dienone is 1. The Morgan fingerprint density at radius 2 is 1.48 bits per heavy atom. The standard InChI is InChI=1S/C48H82N2O6/c1-31(2)33-22-27-48(42(54)49-30-18-16-14-13-15-17-19-38(52)50-40(41(53)55-12)32(3)56-43(4,5)6)29-28-46(10)34(39(33)48)20-21-36-45(9)25-24-37(51)44(7,8)35(45)23-26-47(36,46)11/h32-37,39-40,51H,1,13-30H2,2-12H3,(H,49,54)(H,50,52)/t32-,33+,34-,35+,36-,37+,39-,40+,45+,46-,47-,48+/m1/s1. The van der Waals surface area contributed by atoms with Crippen molar-refractivity contribution in [3.05, 3.63) is 12.2 Å². The number of ether oxygens (including phenoxy) is 2. The number of nitrogens with one attached hydrogen (secondary N) is 2. The van der Waals surface area contributed by atoms with E-state index in [-0.39, 0.29) is 39.1 Å². The molecule has 0 unspecified atom stereocenters. The van der Waals surface area contributed by atoms with E-state index >= 15 is 0 Å². The predicted molar refractivity (Wildman–Crippen MR) is 225 cm³/mol. The Kier molecular flexibility index (Phi) is 13.7. The van der Waals surface area contributed by atoms with Gasteiger partial charge in [0, 0.05) is 13.0 Å². The van der Waals surface area contributed by atoms with Crippen molar-refractivity contribution in [3.63, 3.8) is 0 Å². The Morgan fingerprint density at radius 1 is 0.821 bits per heavy atom. The van der Waals surface area contributed by atoms with E-state index in [4.69, 9.17) is 9.47 Å². The highest BCUT2D eigenvalue weighted by Crippen LogP contribution is 2.77. The Balaban J connectivity index is 1.12. The van der Waals surface area contributed by atoms with Crippen LogP contribution in [0.3, 0.4) is 0 Å². The summed E-state index contributed by atoms with van der Waals surface area (Å²) in [4.78, 5) is 39.5. The second kappa shape index (κ2) is 17.0. The third-order valence-corrected chi connectivity index (χ3v) is 17.4. The molecule has 12 atom stereocenters. The lowest BCUT2D eigenvalue weighted by molar-refractivity contribution is -0.246. The summed E-state index contributed by atoms with van der Waals surface area (Å²) in [5.74, 6) is 2.17. The van der Waals surface area contributed by atoms with E-state index in [1.165, 1.54) is 38.4 Å². The van der Waals surface area contributed by atoms with E-state index in [1.54, 1.807) is 6.92 Å². The summed E-state index contributed by atoms with van der Waals surface area (Å²) < 4.78 is 10.8. The Bertz CT molecular complexity index is 1440. The Labute approximate surface area is 341 Å². The van der Waals surface area contributed by atoms with Crippen molar-refractivity contribution in [3.8, 4) is 0 Å². The zero-order chi connectivity index (χ0) is 41.5. The fourth-order valence-electron chi connectivity index (χ4n) is 14.4. The van der Waals surface area contributed by atoms with Gasteiger partial charge in [-0.05, 0) is 163 Å². The average molecular weight is 783 g/mol. The number of aliphatic hydroxyl groups is 1. The molecule has 8 heteroatoms. The number of amides is 2. The van der Waals surface area contributed by atoms with Gasteiger partial charge in [-0.15, -0.1) is 0 Å². The van der Waals surface area contributed by atoms with Crippen LogP contribution in [0.5, 0.6) is 0 Å². The molecule has 5 rings (SSSR count). The molecule has 0 bridgehead atoms. The van der Waals surface area contributed by atoms with Gasteiger partial charge < -0.3 is 25.2 Å². The molecule has 5 fully saturated rings. The van der Waals surface area contributed by atoms with Gasteiger partial charge in [-0.1, -0.05) is 72.5 Å². The minimum absolute atomic E-state index is 0.0419. The molecule has 0 spiro atoms. The summed E-state index contributed by atoms with van der Waals surface area (Å²) in [5.41, 5.74) is 1.17. The number of hydrogen-bond acceptors (Lipinski definition) is 6. The monoisotopic (exact) mass is 783 g/mol. The summed E-state index contributed by atoms with van der Waals surface area (Å²) in [6, 6.07) is -0.835. The van der Waals surface area contributed by atoms with Crippen LogP contribution in [0.4, 0.5) is 0 Å². The van der Waals surface area contributed by atoms with Crippen molar-refractivity contribution in [2.24, 2.45) is 56.7 Å². The maximum atomic E-state index is 14.5. The van der Waals surface area contributed by atoms with Crippen molar-refractivity contribution in [1.82, 2.24) is 10.6 Å². The smallest absolute Gasteiger partial charge is 0.331 e. The van der Waals surface area contributed by atoms with E-state index in [9.17, 15) is 19.5 Å². The van der Waals surface area contributed by atoms with Crippen LogP contribution < -0.4 is 10.6 Å². The van der Waals surface area contributed by atoms with Gasteiger partial charge in [-0.3, -0.25) is 9.59 Å². The van der Waals surface area contributed by atoms with Crippen molar-refractivity contribution in [2.75, 3.05) is 13.7 Å². The van der Waals surface area contributed by atoms with Gasteiger partial charge in [0.05, 0.1) is 30.3 Å². The van der Waals surface area contributed by atoms with E-state index < -0.39 is 23.7 Å². The first kappa shape index (κ1) is 45.2. The van der Waals surface area contributed by atoms with Gasteiger partial charge in [0.2, 0.25) is 11.8 Å². The largest absolute Gasteiger partial charge is 0.467 e. The van der Waals surface area contributed by atoms with Gasteiger partial charge in [-0.2, -0.15) is 0 Å². The number of rotatable bonds is 15. The van der Waals surface area contributed by atoms with Gasteiger partial charge in [0.1, 0.15) is 0 Å². The summed E-state index contributed by atoms with van der Waals surface area (Å²) in [6.07, 6.45) is 16.6. The van der Waals surface area contributed by atoms with E-state index in [2.05, 4.69) is 58.8 Å². The Morgan fingerprint density at radius 3 is 2.12 bits per heavy atom. The van der Waals surface area contributed by atoms with Crippen LogP contribution in [0.25, 0.3) is 0 Å². The summed E-state index contributed by atoms with van der Waals surface area (Å²) in [7, 11) is 1.33. The zero-order valence-electron chi connectivity index (χ0n) is 37.5. The molecule has 320 valence electrons. The normalized spacial score (nSPS) is 38.5. The minimum atomic E-state index is -0.835. The SMILES string of the molecule is C=C(C)[C@@H]1CC[C@]2(C(=O)NCCCCCCCCC(=O)N[C@H](C(=O)OC)[C@@H](C)OC(C)(C)C)CC[C@]3(C)[C@H](CC[C@@H]4[C@@]5(C)CC[C@H](O)C(C)(C)[C@@H]5CC[C@]43C)[C@@H]12. The minimum Gasteiger partial charge on any atom is -0.467 e. The lowest BCUT2D eigenvalue weighted by Crippen LogP contribution is -2.67. The van der Waals surface area contributed by atoms with Crippen LogP contribution in [-0.2, 0) is 23.9 Å². The number of fused-ring (bicyclic) bond motifs is 7. The maximum absolute atomic E-state index is 14.5. The molecule has 3 N–H and O–H groups in total. The molecular weight excluding hydrogens is 701 g/mol. The molecule has 5 aliphatic rings. The van der Waals surface area contributed by atoms with Gasteiger partial charge in [-0.25, -0.2) is 4.79 Å². The molecule has 0 saturated heterocycles. The number of methoxy groups -OCH3 is 1. The zero-order valence-corrected chi connectivity index (χ0v) is 37.5. The molecule has 0 aromatic carbocycles. The highest BCUT2D eigenvalue weighted by atomic mass is 16.5. The van der Waals surface area contributed by atoms with Crippen molar-refractivity contribution >= 4 is 17.8 Å². The third-order valence-electron chi connectivity index (χ3n) is 17.4. The van der Waals surface area contributed by atoms with Crippen LogP contribution in [0.1, 0.15) is 178 Å². The third kappa shape index (κ3) is 8.28. The summed E-state index contributed by atoms with van der Waals surface area (Å²) in [5, 5.41) is 17.4. The first-order chi connectivity index (χ1) is 26.1. The number of hydrogen-bond donors (Lipinski definition) is 3. The number of unbranched alkanes of at least 4 members (excludes halogenated alkanes) is 5. The number of aliphatic hydroxyl groups excluding tert-OH is 1. The van der Waals surface area contributed by atoms with Gasteiger partial charge in [0.15, 0.2) is 6.04 Å². The van der Waals surface area contributed by atoms with Gasteiger partial charge >= 0.3 is 5.97 Å². The molecule has 5 aliphatic carbocycles. The van der Waals surface area contributed by atoms with E-state index in [0.717, 1.165) is 83.6 Å². The molecule has 0 aromatic heterocycles. The number of carbonyl (C=O) groups is 3. The molecule has 8 nitrogen and oxygen atoms in total. The second-order valence-electron chi connectivity index (χ2n) is 21.8. The predicted octanol–water partition coefficient (Wildman–Crippen LogP) is 9.71. The average Bonchev–Trinajstić information content (AvgIpc) is 3.52. The highest BCUT2D eigenvalue weighted by molar-refractivity contribution is 5.85. The fraction of sp³-hybridized carbons (Fsp3) is 0.896. The van der Waals surface area contributed by atoms with E-state index in [1.807, 2.05) is 20.8 Å². The molecule has 0 radical (unpaired) electrons. The molecule has 5 saturated carbocycles. The van der Waals surface area contributed by atoms with Crippen LogP contribution >= 0.6 is 0 Å². The van der Waals surface area contributed by atoms with Crippen LogP contribution in [-0.4, -0.2) is 60.4 Å². The van der Waals surface area contributed by atoms with E-state index in [0.29, 0.717) is 41.9 Å². The first-order valence-electron chi connectivity index (χ1n) is 22.8. The number of carbonyl (C=O) groups excluding carboxylic acids is 3. The van der Waals surface area contributed by atoms with Crippen LogP contribution in [0.15, 0.2) is 12.2 Å². The quantitative estimate of drug-likeness (QED) is 0.0867. The van der Waals surface area contributed by atoms with Crippen molar-refractivity contribution in [2.45, 2.75) is 202 Å². The number of esters is 1. The first-order valence-corrected chi connectivity index (χ1v) is 22.8. The topological polar surface area (TPSA) is 114 Å². The molecular formula is C48H82N2O6. The van der Waals surface area contributed by atoms with Crippen LogP contribution in [0.2, 0.25) is 0 Å². The highest BCUT2D eigenvalue weighted by Gasteiger charge is 2.71. The molecule has 0 aromatic rings. The lowest BCUT2D eigenvalue weighted by atomic mass is 9.32. The Hall–Kier alpha value is -1.93. The molecule has 56 heavy (non-hydrogen) atoms. The van der Waals surface area contributed by atoms with Crippen LogP contribution in [0, 0.1) is 56.7 Å². The van der Waals surface area contributed by atoms with Crippen molar-refractivity contribution < 1.29 is 29.0 Å². The maximum Gasteiger partial charge on any atom is 0.331 e. The molecule has 2 amide bonds. The molecule has 0 aliphatic heterocycles. The van der Waals surface area contributed by atoms with Crippen molar-refractivity contribution in [1.29, 1.82) is 0 Å². The summed E-state index contributed by atoms with van der Waals surface area (Å²) in [6.45, 7) is 27.6. The van der Waals surface area contributed by atoms with Gasteiger partial charge in [0.25, 0.3) is 0 Å². The second-order valence-corrected chi connectivity index (χ2v) is 21.8. The molecule has 0 heterocycles. The fourth-order valence-corrected chi connectivity index (χ4v) is 14.4.